The van der Waals surface area contributed by atoms with Crippen LogP contribution in [0.2, 0.25) is 0 Å². The molecule has 16 heavy (non-hydrogen) atoms. The van der Waals surface area contributed by atoms with Gasteiger partial charge in [0.1, 0.15) is 5.60 Å². The summed E-state index contributed by atoms with van der Waals surface area (Å²) in [6.07, 6.45) is 0.388. The number of nitrogens with zero attached hydrogens (tertiary/aromatic N) is 1. The summed E-state index contributed by atoms with van der Waals surface area (Å²) in [5, 5.41) is 9.24. The Balaban J connectivity index is 4.39. The predicted octanol–water partition coefficient (Wildman–Crippen LogP) is 2.26. The van der Waals surface area contributed by atoms with Crippen molar-refractivity contribution in [2.75, 3.05) is 13.7 Å². The number of ether oxygens (including phenoxy) is 1. The summed E-state index contributed by atoms with van der Waals surface area (Å²) < 4.78 is 5.24. The number of hydrogen-bond acceptors (Lipinski definition) is 3. The van der Waals surface area contributed by atoms with Crippen LogP contribution in [-0.2, 0) is 4.74 Å². The number of aliphatic hydroxyl groups is 1. The lowest BCUT2D eigenvalue weighted by atomic mass is 10.0. The predicted molar refractivity (Wildman–Crippen MR) is 64.3 cm³/mol. The Morgan fingerprint density at radius 1 is 1.38 bits per heavy atom. The molecule has 0 aliphatic rings. The molecular weight excluding hydrogens is 206 g/mol. The number of hydrogen-bond donors (Lipinski definition) is 1. The molecule has 1 N–H and O–H groups in total. The fraction of sp³-hybridized carbons (Fsp3) is 0.917. The minimum absolute atomic E-state index is 0.0338. The number of aliphatic hydroxyl groups excluding tert-OH is 1. The van der Waals surface area contributed by atoms with Crippen LogP contribution in [0.3, 0.4) is 0 Å². The molecule has 0 aliphatic carbocycles. The summed E-state index contributed by atoms with van der Waals surface area (Å²) in [5.74, 6) is 0.432. The molecule has 0 radical (unpaired) electrons. The van der Waals surface area contributed by atoms with Gasteiger partial charge in [0.25, 0.3) is 0 Å². The van der Waals surface area contributed by atoms with E-state index in [0.717, 1.165) is 6.42 Å². The Morgan fingerprint density at radius 3 is 2.19 bits per heavy atom. The molecule has 96 valence electrons. The van der Waals surface area contributed by atoms with Crippen molar-refractivity contribution in [1.82, 2.24) is 4.90 Å². The molecule has 0 aromatic carbocycles. The van der Waals surface area contributed by atoms with E-state index in [0.29, 0.717) is 5.92 Å². The van der Waals surface area contributed by atoms with Gasteiger partial charge in [-0.25, -0.2) is 4.79 Å². The van der Waals surface area contributed by atoms with Crippen LogP contribution in [0.25, 0.3) is 0 Å². The highest BCUT2D eigenvalue weighted by molar-refractivity contribution is 5.68. The quantitative estimate of drug-likeness (QED) is 0.807. The van der Waals surface area contributed by atoms with E-state index in [1.807, 2.05) is 20.8 Å². The minimum atomic E-state index is -0.497. The lowest BCUT2D eigenvalue weighted by Gasteiger charge is -2.30. The normalized spacial score (nSPS) is 13.8. The molecule has 4 nitrogen and oxygen atoms in total. The standard InChI is InChI=1S/C12H25NO3/c1-9(2)7-10(8-14)13(6)11(15)16-12(3,4)5/h9-10,14H,7-8H2,1-6H3. The van der Waals surface area contributed by atoms with Gasteiger partial charge >= 0.3 is 6.09 Å². The van der Waals surface area contributed by atoms with Crippen LogP contribution in [0, 0.1) is 5.92 Å². The lowest BCUT2D eigenvalue weighted by Crippen LogP contribution is -2.43. The summed E-state index contributed by atoms with van der Waals surface area (Å²) in [5.41, 5.74) is -0.497. The summed E-state index contributed by atoms with van der Waals surface area (Å²) >= 11 is 0. The van der Waals surface area contributed by atoms with Crippen molar-refractivity contribution in [1.29, 1.82) is 0 Å². The number of carbonyl (C=O) groups is 1. The van der Waals surface area contributed by atoms with Crippen molar-refractivity contribution in [2.45, 2.75) is 52.7 Å². The average molecular weight is 231 g/mol. The second-order valence-corrected chi connectivity index (χ2v) is 5.56. The largest absolute Gasteiger partial charge is 0.444 e. The second kappa shape index (κ2) is 6.09. The van der Waals surface area contributed by atoms with E-state index in [-0.39, 0.29) is 18.7 Å². The van der Waals surface area contributed by atoms with E-state index >= 15 is 0 Å². The van der Waals surface area contributed by atoms with Crippen LogP contribution in [0.4, 0.5) is 4.79 Å². The van der Waals surface area contributed by atoms with E-state index in [1.54, 1.807) is 7.05 Å². The first kappa shape index (κ1) is 15.2. The van der Waals surface area contributed by atoms with Crippen LogP contribution in [0.5, 0.6) is 0 Å². The molecule has 0 aromatic heterocycles. The van der Waals surface area contributed by atoms with Gasteiger partial charge in [-0.3, -0.25) is 0 Å². The average Bonchev–Trinajstić information content (AvgIpc) is 2.09. The Labute approximate surface area is 98.6 Å². The molecule has 0 rings (SSSR count). The molecule has 1 amide bonds. The first-order chi connectivity index (χ1) is 7.17. The molecule has 0 saturated carbocycles. The molecule has 0 spiro atoms. The van der Waals surface area contributed by atoms with E-state index in [4.69, 9.17) is 4.74 Å². The lowest BCUT2D eigenvalue weighted by molar-refractivity contribution is 0.0138. The Kier molecular flexibility index (Phi) is 5.79. The molecule has 0 bridgehead atoms. The smallest absolute Gasteiger partial charge is 0.410 e. The zero-order valence-corrected chi connectivity index (χ0v) is 11.3. The highest BCUT2D eigenvalue weighted by Gasteiger charge is 2.25. The number of amides is 1. The molecule has 0 aromatic rings. The van der Waals surface area contributed by atoms with E-state index in [2.05, 4.69) is 13.8 Å². The van der Waals surface area contributed by atoms with Crippen LogP contribution in [0.1, 0.15) is 41.0 Å². The van der Waals surface area contributed by atoms with Crippen LogP contribution in [0.15, 0.2) is 0 Å². The van der Waals surface area contributed by atoms with Gasteiger partial charge in [0.05, 0.1) is 12.6 Å². The van der Waals surface area contributed by atoms with Gasteiger partial charge in [-0.1, -0.05) is 13.8 Å². The molecule has 1 atom stereocenters. The van der Waals surface area contributed by atoms with Crippen molar-refractivity contribution in [2.24, 2.45) is 5.92 Å². The topological polar surface area (TPSA) is 49.8 Å². The molecule has 0 heterocycles. The maximum absolute atomic E-state index is 11.7. The van der Waals surface area contributed by atoms with Gasteiger partial charge in [-0.2, -0.15) is 0 Å². The van der Waals surface area contributed by atoms with Gasteiger partial charge in [0.2, 0.25) is 0 Å². The molecule has 4 heteroatoms. The molecule has 0 saturated heterocycles. The van der Waals surface area contributed by atoms with Gasteiger partial charge in [-0.15, -0.1) is 0 Å². The van der Waals surface area contributed by atoms with E-state index in [9.17, 15) is 9.90 Å². The monoisotopic (exact) mass is 231 g/mol. The zero-order valence-electron chi connectivity index (χ0n) is 11.3. The third-order valence-corrected chi connectivity index (χ3v) is 2.18. The van der Waals surface area contributed by atoms with Gasteiger partial charge in [-0.05, 0) is 33.1 Å². The maximum Gasteiger partial charge on any atom is 0.410 e. The van der Waals surface area contributed by atoms with E-state index < -0.39 is 5.60 Å². The minimum Gasteiger partial charge on any atom is -0.444 e. The first-order valence-corrected chi connectivity index (χ1v) is 5.74. The van der Waals surface area contributed by atoms with Crippen LogP contribution >= 0.6 is 0 Å². The van der Waals surface area contributed by atoms with Crippen molar-refractivity contribution in [3.8, 4) is 0 Å². The molecule has 0 aliphatic heterocycles. The highest BCUT2D eigenvalue weighted by Crippen LogP contribution is 2.14. The van der Waals surface area contributed by atoms with Gasteiger partial charge in [0.15, 0.2) is 0 Å². The Hall–Kier alpha value is -0.770. The van der Waals surface area contributed by atoms with Gasteiger partial charge in [0, 0.05) is 7.05 Å². The number of rotatable bonds is 4. The van der Waals surface area contributed by atoms with E-state index in [1.165, 1.54) is 4.90 Å². The maximum atomic E-state index is 11.7. The number of carbonyl (C=O) groups excluding carboxylic acids is 1. The highest BCUT2D eigenvalue weighted by atomic mass is 16.6. The second-order valence-electron chi connectivity index (χ2n) is 5.56. The summed E-state index contributed by atoms with van der Waals surface area (Å²) in [4.78, 5) is 13.2. The van der Waals surface area contributed by atoms with Crippen molar-refractivity contribution in [3.05, 3.63) is 0 Å². The van der Waals surface area contributed by atoms with Crippen molar-refractivity contribution in [3.63, 3.8) is 0 Å². The first-order valence-electron chi connectivity index (χ1n) is 5.74. The third-order valence-electron chi connectivity index (χ3n) is 2.18. The SMILES string of the molecule is CC(C)CC(CO)N(C)C(=O)OC(C)(C)C. The summed E-state index contributed by atoms with van der Waals surface area (Å²) in [7, 11) is 1.66. The van der Waals surface area contributed by atoms with Crippen LogP contribution in [-0.4, -0.2) is 41.4 Å². The molecule has 1 unspecified atom stereocenters. The van der Waals surface area contributed by atoms with Crippen molar-refractivity contribution >= 4 is 6.09 Å². The molecular formula is C12H25NO3. The molecule has 0 fully saturated rings. The Bertz CT molecular complexity index is 221. The van der Waals surface area contributed by atoms with Crippen molar-refractivity contribution < 1.29 is 14.6 Å². The third kappa shape index (κ3) is 5.95. The summed E-state index contributed by atoms with van der Waals surface area (Å²) in [6.45, 7) is 9.57. The Morgan fingerprint density at radius 2 is 1.88 bits per heavy atom. The number of likely N-dealkylation sites (N-methyl/N-ethyl adjacent to an activating group) is 1. The fourth-order valence-corrected chi connectivity index (χ4v) is 1.38. The fourth-order valence-electron chi connectivity index (χ4n) is 1.38. The van der Waals surface area contributed by atoms with Crippen LogP contribution < -0.4 is 0 Å². The summed E-state index contributed by atoms with van der Waals surface area (Å²) in [6, 6.07) is -0.171. The van der Waals surface area contributed by atoms with Gasteiger partial charge < -0.3 is 14.7 Å². The zero-order chi connectivity index (χ0) is 12.9.